The van der Waals surface area contributed by atoms with Crippen LogP contribution in [0.4, 0.5) is 0 Å². The normalized spacial score (nSPS) is 26.2. The average molecular weight is 373 g/mol. The van der Waals surface area contributed by atoms with E-state index in [1.54, 1.807) is 0 Å². The van der Waals surface area contributed by atoms with Crippen LogP contribution in [-0.4, -0.2) is 38.6 Å². The third-order valence-electron chi connectivity index (χ3n) is 3.99. The Hall–Kier alpha value is -0.0725. The number of unbranched alkanes of at least 4 members (excludes halogenated alkanes) is 5. The van der Waals surface area contributed by atoms with Gasteiger partial charge in [-0.2, -0.15) is 0 Å². The van der Waals surface area contributed by atoms with Crippen LogP contribution in [0.3, 0.4) is 0 Å². The third-order valence-corrected chi connectivity index (χ3v) is 13.6. The van der Waals surface area contributed by atoms with Crippen molar-refractivity contribution in [1.29, 1.82) is 0 Å². The molecule has 1 heterocycles. The minimum atomic E-state index is -2.31. The predicted octanol–water partition coefficient (Wildman–Crippen LogP) is 0.773. The SMILES string of the molecule is CCCCCCCC[Si]1(c2ccccc2)O[SiH2]O[SiH2]O[SiH2]O1. The molecule has 1 aliphatic rings. The van der Waals surface area contributed by atoms with E-state index in [0.29, 0.717) is 0 Å². The first-order valence-electron chi connectivity index (χ1n) is 8.36. The lowest BCUT2D eigenvalue weighted by Crippen LogP contribution is -2.56. The molecule has 0 N–H and O–H groups in total. The van der Waals surface area contributed by atoms with E-state index in [-0.39, 0.29) is 0 Å². The van der Waals surface area contributed by atoms with Gasteiger partial charge in [-0.1, -0.05) is 75.8 Å². The van der Waals surface area contributed by atoms with Crippen LogP contribution in [0.5, 0.6) is 0 Å². The minimum absolute atomic E-state index is 0.815. The highest BCUT2D eigenvalue weighted by atomic mass is 28.5. The summed E-state index contributed by atoms with van der Waals surface area (Å²) in [7, 11) is -5.03. The summed E-state index contributed by atoms with van der Waals surface area (Å²) >= 11 is 0. The van der Waals surface area contributed by atoms with Gasteiger partial charge in [0.25, 0.3) is 30.0 Å². The Morgan fingerprint density at radius 1 is 0.818 bits per heavy atom. The Morgan fingerprint density at radius 2 is 1.45 bits per heavy atom. The van der Waals surface area contributed by atoms with E-state index < -0.39 is 38.6 Å². The van der Waals surface area contributed by atoms with Crippen LogP contribution in [0.2, 0.25) is 6.04 Å². The number of benzene rings is 1. The van der Waals surface area contributed by atoms with E-state index in [9.17, 15) is 0 Å². The van der Waals surface area contributed by atoms with Gasteiger partial charge in [0.05, 0.1) is 0 Å². The summed E-state index contributed by atoms with van der Waals surface area (Å²) in [5, 5.41) is 1.25. The fourth-order valence-corrected chi connectivity index (χ4v) is 13.8. The summed E-state index contributed by atoms with van der Waals surface area (Å²) < 4.78 is 23.9. The molecule has 1 saturated heterocycles. The molecule has 0 bridgehead atoms. The van der Waals surface area contributed by atoms with Crippen LogP contribution < -0.4 is 5.19 Å². The van der Waals surface area contributed by atoms with Crippen molar-refractivity contribution in [3.63, 3.8) is 0 Å². The van der Waals surface area contributed by atoms with Crippen molar-refractivity contribution >= 4 is 43.8 Å². The largest absolute Gasteiger partial charge is 0.425 e. The Balaban J connectivity index is 1.95. The molecule has 0 unspecified atom stereocenters. The second-order valence-corrected chi connectivity index (χ2v) is 14.6. The molecule has 0 aromatic heterocycles. The molecule has 4 nitrogen and oxygen atoms in total. The van der Waals surface area contributed by atoms with Crippen molar-refractivity contribution < 1.29 is 16.5 Å². The lowest BCUT2D eigenvalue weighted by Gasteiger charge is -2.33. The van der Waals surface area contributed by atoms with Gasteiger partial charge in [0.1, 0.15) is 0 Å². The van der Waals surface area contributed by atoms with Gasteiger partial charge in [0.2, 0.25) is 0 Å². The maximum absolute atomic E-state index is 6.31. The highest BCUT2D eigenvalue weighted by molar-refractivity contribution is 6.86. The van der Waals surface area contributed by atoms with Crippen molar-refractivity contribution in [2.24, 2.45) is 0 Å². The van der Waals surface area contributed by atoms with E-state index in [4.69, 9.17) is 16.5 Å². The molecule has 1 aromatic rings. The van der Waals surface area contributed by atoms with Crippen LogP contribution in [-0.2, 0) is 16.5 Å². The zero-order valence-electron chi connectivity index (χ0n) is 13.6. The summed E-state index contributed by atoms with van der Waals surface area (Å²) in [5.74, 6) is 0. The molecule has 8 heteroatoms. The molecule has 0 saturated carbocycles. The number of hydrogen-bond donors (Lipinski definition) is 0. The molecule has 124 valence electrons. The highest BCUT2D eigenvalue weighted by Crippen LogP contribution is 2.19. The molecule has 0 atom stereocenters. The van der Waals surface area contributed by atoms with E-state index in [0.717, 1.165) is 6.04 Å². The average Bonchev–Trinajstić information content (AvgIpc) is 2.53. The quantitative estimate of drug-likeness (QED) is 0.499. The third kappa shape index (κ3) is 5.85. The van der Waals surface area contributed by atoms with Gasteiger partial charge in [-0.25, -0.2) is 0 Å². The van der Waals surface area contributed by atoms with Crippen LogP contribution in [0.1, 0.15) is 45.4 Å². The molecule has 0 aliphatic carbocycles. The standard InChI is InChI=1S/C14H28O4Si4/c1-2-3-4-5-6-10-13-22(14-11-8-7-9-12-14)17-20-15-19-16-21-18-22/h7-9,11-12H,2-6,10,13,19-21H2,1H3. The minimum Gasteiger partial charge on any atom is -0.425 e. The first-order valence-corrected chi connectivity index (χ1v) is 13.8. The van der Waals surface area contributed by atoms with E-state index in [2.05, 4.69) is 31.2 Å². The van der Waals surface area contributed by atoms with Crippen molar-refractivity contribution in [1.82, 2.24) is 0 Å². The van der Waals surface area contributed by atoms with E-state index in [1.807, 2.05) is 6.07 Å². The smallest absolute Gasteiger partial charge is 0.354 e. The van der Waals surface area contributed by atoms with Crippen molar-refractivity contribution in [2.75, 3.05) is 0 Å². The summed E-state index contributed by atoms with van der Waals surface area (Å²) in [6, 6.07) is 11.6. The van der Waals surface area contributed by atoms with Crippen molar-refractivity contribution in [2.45, 2.75) is 51.5 Å². The topological polar surface area (TPSA) is 36.9 Å². The predicted molar refractivity (Wildman–Crippen MR) is 100.0 cm³/mol. The highest BCUT2D eigenvalue weighted by Gasteiger charge is 2.39. The molecule has 0 spiro atoms. The fraction of sp³-hybridized carbons (Fsp3) is 0.571. The maximum atomic E-state index is 6.31. The van der Waals surface area contributed by atoms with Gasteiger partial charge in [-0.15, -0.1) is 0 Å². The number of rotatable bonds is 8. The van der Waals surface area contributed by atoms with Gasteiger partial charge in [-0.05, 0) is 11.2 Å². The van der Waals surface area contributed by atoms with E-state index >= 15 is 0 Å². The fourth-order valence-electron chi connectivity index (χ4n) is 2.73. The van der Waals surface area contributed by atoms with Gasteiger partial charge in [0, 0.05) is 0 Å². The van der Waals surface area contributed by atoms with Crippen LogP contribution in [0.25, 0.3) is 0 Å². The van der Waals surface area contributed by atoms with Gasteiger partial charge in [0.15, 0.2) is 0 Å². The molecule has 1 fully saturated rings. The van der Waals surface area contributed by atoms with Gasteiger partial charge < -0.3 is 16.5 Å². The second-order valence-electron chi connectivity index (χ2n) is 5.69. The summed E-state index contributed by atoms with van der Waals surface area (Å²) in [4.78, 5) is 0. The molecule has 0 radical (unpaired) electrons. The maximum Gasteiger partial charge on any atom is 0.354 e. The van der Waals surface area contributed by atoms with Crippen LogP contribution in [0, 0.1) is 0 Å². The molecular formula is C14H28O4Si4. The second kappa shape index (κ2) is 10.7. The van der Waals surface area contributed by atoms with E-state index in [1.165, 1.54) is 43.7 Å². The van der Waals surface area contributed by atoms with Crippen LogP contribution >= 0.6 is 0 Å². The lowest BCUT2D eigenvalue weighted by atomic mass is 10.1. The van der Waals surface area contributed by atoms with Gasteiger partial charge in [-0.3, -0.25) is 0 Å². The zero-order chi connectivity index (χ0) is 15.5. The molecule has 1 aromatic carbocycles. The molecule has 2 rings (SSSR count). The Labute approximate surface area is 142 Å². The monoisotopic (exact) mass is 372 g/mol. The Kier molecular flexibility index (Phi) is 8.85. The van der Waals surface area contributed by atoms with Gasteiger partial charge >= 0.3 is 8.56 Å². The van der Waals surface area contributed by atoms with Crippen LogP contribution in [0.15, 0.2) is 30.3 Å². The molecular weight excluding hydrogens is 344 g/mol. The summed E-state index contributed by atoms with van der Waals surface area (Å²) in [6.07, 6.45) is 7.77. The summed E-state index contributed by atoms with van der Waals surface area (Å²) in [6.45, 7) is 2.26. The first-order chi connectivity index (χ1) is 10.9. The Bertz CT molecular complexity index is 399. The summed E-state index contributed by atoms with van der Waals surface area (Å²) in [5.41, 5.74) is 0. The lowest BCUT2D eigenvalue weighted by molar-refractivity contribution is 0.313. The molecule has 1 aliphatic heterocycles. The molecule has 22 heavy (non-hydrogen) atoms. The number of hydrogen-bond acceptors (Lipinski definition) is 4. The Morgan fingerprint density at radius 3 is 2.14 bits per heavy atom. The van der Waals surface area contributed by atoms with Crippen molar-refractivity contribution in [3.05, 3.63) is 30.3 Å². The first kappa shape index (κ1) is 18.3. The zero-order valence-corrected chi connectivity index (χ0v) is 18.8. The molecule has 0 amide bonds. The van der Waals surface area contributed by atoms with Crippen molar-refractivity contribution in [3.8, 4) is 0 Å².